The molecule has 0 fully saturated rings. The van der Waals surface area contributed by atoms with Crippen molar-refractivity contribution in [2.75, 3.05) is 0 Å². The van der Waals surface area contributed by atoms with Gasteiger partial charge in [0.2, 0.25) is 5.16 Å². The van der Waals surface area contributed by atoms with Crippen LogP contribution in [0, 0.1) is 0 Å². The Kier molecular flexibility index (Phi) is 2.06. The molecule has 1 unspecified atom stereocenters. The fourth-order valence-corrected chi connectivity index (χ4v) is 3.31. The molecule has 3 aromatic rings. The van der Waals surface area contributed by atoms with Gasteiger partial charge in [0.05, 0.1) is 7.76 Å². The van der Waals surface area contributed by atoms with Crippen molar-refractivity contribution >= 4 is 29.0 Å². The lowest BCUT2D eigenvalue weighted by molar-refractivity contribution is 0.650. The van der Waals surface area contributed by atoms with Crippen LogP contribution in [0.2, 0.25) is 0 Å². The molecule has 2 aromatic carbocycles. The van der Waals surface area contributed by atoms with Crippen molar-refractivity contribution in [3.63, 3.8) is 0 Å². The third-order valence-electron chi connectivity index (χ3n) is 2.77. The summed E-state index contributed by atoms with van der Waals surface area (Å²) in [4.78, 5) is 21.9. The standard InChI is InChI=1S/C13H9O2P/c14-13-11-7-2-1-5-9(11)10-6-3-4-8-12(10)16(13)15/h1-8,15H. The molecule has 0 radical (unpaired) electrons. The zero-order valence-electron chi connectivity index (χ0n) is 8.42. The first kappa shape index (κ1) is 9.59. The van der Waals surface area contributed by atoms with Crippen LogP contribution in [-0.2, 0) is 0 Å². The lowest BCUT2D eigenvalue weighted by atomic mass is 10.1. The maximum absolute atomic E-state index is 12.0. The molecule has 16 heavy (non-hydrogen) atoms. The van der Waals surface area contributed by atoms with Gasteiger partial charge in [-0.25, -0.2) is 0 Å². The van der Waals surface area contributed by atoms with Gasteiger partial charge in [-0.05, 0) is 22.9 Å². The highest BCUT2D eigenvalue weighted by Gasteiger charge is 2.08. The zero-order chi connectivity index (χ0) is 11.1. The van der Waals surface area contributed by atoms with Crippen LogP contribution in [-0.4, -0.2) is 4.89 Å². The number of hydrogen-bond donors (Lipinski definition) is 1. The van der Waals surface area contributed by atoms with Crippen molar-refractivity contribution in [1.29, 1.82) is 0 Å². The van der Waals surface area contributed by atoms with Gasteiger partial charge in [-0.1, -0.05) is 36.4 Å². The number of hydrogen-bond acceptors (Lipinski definition) is 2. The summed E-state index contributed by atoms with van der Waals surface area (Å²) in [6.07, 6.45) is 0. The minimum atomic E-state index is -1.69. The summed E-state index contributed by atoms with van der Waals surface area (Å²) in [5.41, 5.74) is 0. The molecule has 1 atom stereocenters. The molecule has 1 heterocycles. The normalized spacial score (nSPS) is 12.2. The quantitative estimate of drug-likeness (QED) is 0.600. The Labute approximate surface area is 92.9 Å². The van der Waals surface area contributed by atoms with Gasteiger partial charge < -0.3 is 4.89 Å². The third kappa shape index (κ3) is 1.21. The van der Waals surface area contributed by atoms with E-state index in [9.17, 15) is 9.69 Å². The van der Waals surface area contributed by atoms with Gasteiger partial charge in [0.15, 0.2) is 0 Å². The highest BCUT2D eigenvalue weighted by Crippen LogP contribution is 2.33. The summed E-state index contributed by atoms with van der Waals surface area (Å²) in [5, 5.41) is 3.16. The lowest BCUT2D eigenvalue weighted by Crippen LogP contribution is -1.97. The molecule has 0 bridgehead atoms. The van der Waals surface area contributed by atoms with Gasteiger partial charge in [-0.15, -0.1) is 0 Å². The largest absolute Gasteiger partial charge is 0.343 e. The van der Waals surface area contributed by atoms with Gasteiger partial charge in [-0.3, -0.25) is 4.79 Å². The van der Waals surface area contributed by atoms with Crippen LogP contribution in [0.1, 0.15) is 0 Å². The molecule has 0 aliphatic heterocycles. The van der Waals surface area contributed by atoms with Crippen molar-refractivity contribution in [2.45, 2.75) is 0 Å². The molecule has 2 nitrogen and oxygen atoms in total. The van der Waals surface area contributed by atoms with E-state index in [0.717, 1.165) is 15.9 Å². The fraction of sp³-hybridized carbons (Fsp3) is 0. The smallest absolute Gasteiger partial charge is 0.230 e. The number of benzene rings is 2. The van der Waals surface area contributed by atoms with Gasteiger partial charge >= 0.3 is 0 Å². The third-order valence-corrected chi connectivity index (χ3v) is 4.24. The second kappa shape index (κ2) is 3.44. The Morgan fingerprint density at radius 2 is 1.38 bits per heavy atom. The fourth-order valence-electron chi connectivity index (χ4n) is 2.01. The summed E-state index contributed by atoms with van der Waals surface area (Å²) >= 11 is 0. The highest BCUT2D eigenvalue weighted by atomic mass is 31.1. The number of rotatable bonds is 0. The monoisotopic (exact) mass is 228 g/mol. The second-order valence-electron chi connectivity index (χ2n) is 3.68. The van der Waals surface area contributed by atoms with Crippen molar-refractivity contribution in [3.05, 3.63) is 58.5 Å². The van der Waals surface area contributed by atoms with E-state index in [0.29, 0.717) is 5.39 Å². The SMILES string of the molecule is O=c1c2ccccc2c2ccccc2p1O. The van der Waals surface area contributed by atoms with Crippen molar-refractivity contribution in [3.8, 4) is 0 Å². The van der Waals surface area contributed by atoms with Gasteiger partial charge in [0.25, 0.3) is 0 Å². The Bertz CT molecular complexity index is 744. The molecule has 1 aromatic heterocycles. The van der Waals surface area contributed by atoms with Crippen molar-refractivity contribution < 1.29 is 4.89 Å². The molecule has 0 amide bonds. The van der Waals surface area contributed by atoms with E-state index in [1.165, 1.54) is 0 Å². The Hall–Kier alpha value is -1.63. The Morgan fingerprint density at radius 1 is 0.812 bits per heavy atom. The van der Waals surface area contributed by atoms with E-state index in [1.807, 2.05) is 42.5 Å². The van der Waals surface area contributed by atoms with Gasteiger partial charge in [0, 0.05) is 10.5 Å². The van der Waals surface area contributed by atoms with Crippen LogP contribution in [0.25, 0.3) is 21.3 Å². The zero-order valence-corrected chi connectivity index (χ0v) is 9.32. The van der Waals surface area contributed by atoms with E-state index in [4.69, 9.17) is 0 Å². The van der Waals surface area contributed by atoms with E-state index >= 15 is 0 Å². The molecular weight excluding hydrogens is 219 g/mol. The predicted molar refractivity (Wildman–Crippen MR) is 68.0 cm³/mol. The second-order valence-corrected chi connectivity index (χ2v) is 5.19. The maximum Gasteiger partial charge on any atom is 0.230 e. The molecule has 0 aliphatic carbocycles. The highest BCUT2D eigenvalue weighted by molar-refractivity contribution is 7.49. The first-order chi connectivity index (χ1) is 7.79. The summed E-state index contributed by atoms with van der Waals surface area (Å²) in [7, 11) is -1.69. The van der Waals surface area contributed by atoms with Crippen molar-refractivity contribution in [1.82, 2.24) is 0 Å². The van der Waals surface area contributed by atoms with E-state index < -0.39 is 7.76 Å². The molecule has 0 aliphatic rings. The molecular formula is C13H9O2P. The van der Waals surface area contributed by atoms with Gasteiger partial charge in [-0.2, -0.15) is 0 Å². The van der Waals surface area contributed by atoms with Crippen LogP contribution >= 0.6 is 7.76 Å². The summed E-state index contributed by atoms with van der Waals surface area (Å²) in [6.45, 7) is 0. The van der Waals surface area contributed by atoms with E-state index in [1.54, 1.807) is 6.07 Å². The maximum atomic E-state index is 12.0. The average molecular weight is 228 g/mol. The molecule has 3 rings (SSSR count). The summed E-state index contributed by atoms with van der Waals surface area (Å²) in [5.74, 6) is 0. The molecule has 0 saturated carbocycles. The molecule has 0 spiro atoms. The van der Waals surface area contributed by atoms with Crippen LogP contribution in [0.4, 0.5) is 0 Å². The molecule has 3 heteroatoms. The van der Waals surface area contributed by atoms with Crippen LogP contribution in [0.3, 0.4) is 0 Å². The first-order valence-corrected chi connectivity index (χ1v) is 6.30. The molecule has 0 saturated heterocycles. The van der Waals surface area contributed by atoms with E-state index in [-0.39, 0.29) is 5.16 Å². The molecule has 78 valence electrons. The molecule has 1 N–H and O–H groups in total. The van der Waals surface area contributed by atoms with Crippen LogP contribution in [0.5, 0.6) is 0 Å². The summed E-state index contributed by atoms with van der Waals surface area (Å²) in [6, 6.07) is 15.0. The average Bonchev–Trinajstić information content (AvgIpc) is 2.36. The predicted octanol–water partition coefficient (Wildman–Crippen LogP) is 3.10. The minimum Gasteiger partial charge on any atom is -0.343 e. The van der Waals surface area contributed by atoms with Crippen LogP contribution in [0.15, 0.2) is 53.3 Å². The summed E-state index contributed by atoms with van der Waals surface area (Å²) < 4.78 is 0. The lowest BCUT2D eigenvalue weighted by Gasteiger charge is -2.04. The van der Waals surface area contributed by atoms with Gasteiger partial charge in [0.1, 0.15) is 0 Å². The Morgan fingerprint density at radius 3 is 2.12 bits per heavy atom. The Balaban J connectivity index is 2.74. The number of fused-ring (bicyclic) bond motifs is 3. The van der Waals surface area contributed by atoms with Crippen LogP contribution < -0.4 is 5.16 Å². The first-order valence-electron chi connectivity index (χ1n) is 5.01. The van der Waals surface area contributed by atoms with E-state index in [2.05, 4.69) is 0 Å². The topological polar surface area (TPSA) is 37.3 Å². The minimum absolute atomic E-state index is 0.149. The van der Waals surface area contributed by atoms with Crippen molar-refractivity contribution in [2.24, 2.45) is 0 Å².